The lowest BCUT2D eigenvalue weighted by atomic mass is 10.1. The van der Waals surface area contributed by atoms with E-state index in [1.54, 1.807) is 6.07 Å². The van der Waals surface area contributed by atoms with Gasteiger partial charge >= 0.3 is 0 Å². The van der Waals surface area contributed by atoms with Gasteiger partial charge in [0.15, 0.2) is 0 Å². The summed E-state index contributed by atoms with van der Waals surface area (Å²) in [6.07, 6.45) is 0. The number of piperazine rings is 1. The van der Waals surface area contributed by atoms with Crippen LogP contribution in [0.5, 0.6) is 0 Å². The smallest absolute Gasteiger partial charge is 0.265 e. The molecule has 0 spiro atoms. The third-order valence-electron chi connectivity index (χ3n) is 3.67. The lowest BCUT2D eigenvalue weighted by molar-refractivity contribution is 0.0944. The maximum Gasteiger partial charge on any atom is 0.265 e. The number of rotatable bonds is 5. The highest BCUT2D eigenvalue weighted by Gasteiger charge is 2.18. The first-order valence-corrected chi connectivity index (χ1v) is 6.89. The van der Waals surface area contributed by atoms with E-state index in [0.717, 1.165) is 44.8 Å². The molecule has 0 aromatic heterocycles. The van der Waals surface area contributed by atoms with Crippen LogP contribution in [-0.4, -0.2) is 60.1 Å². The molecule has 0 atom stereocenters. The third kappa shape index (κ3) is 3.77. The summed E-state index contributed by atoms with van der Waals surface area (Å²) >= 11 is 0. The van der Waals surface area contributed by atoms with E-state index in [1.807, 2.05) is 18.2 Å². The van der Waals surface area contributed by atoms with Crippen molar-refractivity contribution in [1.29, 1.82) is 0 Å². The minimum absolute atomic E-state index is 0.208. The number of amides is 1. The number of β-amino-alcohol motifs (C(OH)–C–C–N with tert-alkyl or cyclic N) is 1. The molecule has 1 heterocycles. The van der Waals surface area contributed by atoms with Crippen LogP contribution in [0.3, 0.4) is 0 Å². The Bertz CT molecular complexity index is 445. The zero-order valence-corrected chi connectivity index (χ0v) is 11.6. The van der Waals surface area contributed by atoms with Crippen LogP contribution in [-0.2, 0) is 6.54 Å². The number of carbonyl (C=O) groups is 1. The molecule has 1 aromatic carbocycles. The van der Waals surface area contributed by atoms with E-state index in [0.29, 0.717) is 5.56 Å². The highest BCUT2D eigenvalue weighted by molar-refractivity contribution is 5.95. The van der Waals surface area contributed by atoms with E-state index < -0.39 is 0 Å². The molecule has 0 radical (unpaired) electrons. The summed E-state index contributed by atoms with van der Waals surface area (Å²) in [6.45, 7) is 5.48. The molecule has 1 aromatic rings. The van der Waals surface area contributed by atoms with Crippen LogP contribution in [0.4, 0.5) is 0 Å². The molecule has 1 aliphatic heterocycles. The van der Waals surface area contributed by atoms with E-state index in [2.05, 4.69) is 15.2 Å². The van der Waals surface area contributed by atoms with Crippen LogP contribution < -0.4 is 11.3 Å². The van der Waals surface area contributed by atoms with Gasteiger partial charge in [0.25, 0.3) is 5.91 Å². The van der Waals surface area contributed by atoms with E-state index in [4.69, 9.17) is 10.9 Å². The average molecular weight is 278 g/mol. The van der Waals surface area contributed by atoms with Crippen LogP contribution >= 0.6 is 0 Å². The van der Waals surface area contributed by atoms with Crippen molar-refractivity contribution in [3.63, 3.8) is 0 Å². The Kier molecular flexibility index (Phi) is 5.49. The normalized spacial score (nSPS) is 17.1. The van der Waals surface area contributed by atoms with Crippen molar-refractivity contribution in [2.24, 2.45) is 5.84 Å². The molecule has 20 heavy (non-hydrogen) atoms. The second-order valence-corrected chi connectivity index (χ2v) is 4.97. The Balaban J connectivity index is 1.96. The molecule has 1 aliphatic rings. The fourth-order valence-electron chi connectivity index (χ4n) is 2.51. The maximum atomic E-state index is 11.7. The number of hydrogen-bond donors (Lipinski definition) is 3. The number of nitrogen functional groups attached to an aromatic ring is 1. The molecule has 0 aliphatic carbocycles. The summed E-state index contributed by atoms with van der Waals surface area (Å²) in [7, 11) is 0. The molecular formula is C14H22N4O2. The van der Waals surface area contributed by atoms with Gasteiger partial charge < -0.3 is 5.11 Å². The molecule has 110 valence electrons. The van der Waals surface area contributed by atoms with Crippen LogP contribution in [0, 0.1) is 0 Å². The number of nitrogens with two attached hydrogens (primary N) is 1. The largest absolute Gasteiger partial charge is 0.395 e. The van der Waals surface area contributed by atoms with Gasteiger partial charge in [0, 0.05) is 44.8 Å². The van der Waals surface area contributed by atoms with Crippen LogP contribution in [0.1, 0.15) is 15.9 Å². The first-order valence-electron chi connectivity index (χ1n) is 6.89. The minimum atomic E-state index is -0.250. The van der Waals surface area contributed by atoms with Gasteiger partial charge in [-0.3, -0.25) is 20.0 Å². The maximum absolute atomic E-state index is 11.7. The van der Waals surface area contributed by atoms with Crippen molar-refractivity contribution in [3.8, 4) is 0 Å². The fourth-order valence-corrected chi connectivity index (χ4v) is 2.51. The predicted octanol–water partition coefficient (Wildman–Crippen LogP) is -0.600. The first-order chi connectivity index (χ1) is 9.74. The van der Waals surface area contributed by atoms with Gasteiger partial charge in [0.1, 0.15) is 0 Å². The molecule has 1 saturated heterocycles. The SMILES string of the molecule is NNC(=O)c1ccccc1CN1CCN(CCO)CC1. The molecule has 6 heteroatoms. The van der Waals surface area contributed by atoms with E-state index in [1.165, 1.54) is 0 Å². The Morgan fingerprint density at radius 2 is 1.85 bits per heavy atom. The lowest BCUT2D eigenvalue weighted by Crippen LogP contribution is -2.46. The second kappa shape index (κ2) is 7.35. The van der Waals surface area contributed by atoms with Crippen LogP contribution in [0.25, 0.3) is 0 Å². The van der Waals surface area contributed by atoms with Gasteiger partial charge in [-0.25, -0.2) is 5.84 Å². The Morgan fingerprint density at radius 3 is 2.50 bits per heavy atom. The quantitative estimate of drug-likeness (QED) is 0.381. The predicted molar refractivity (Wildman–Crippen MR) is 76.9 cm³/mol. The number of aliphatic hydroxyl groups is 1. The topological polar surface area (TPSA) is 81.8 Å². The summed E-state index contributed by atoms with van der Waals surface area (Å²) in [5.41, 5.74) is 3.81. The molecule has 6 nitrogen and oxygen atoms in total. The Labute approximate surface area is 119 Å². The van der Waals surface area contributed by atoms with Gasteiger partial charge in [0.05, 0.1) is 6.61 Å². The molecule has 0 bridgehead atoms. The lowest BCUT2D eigenvalue weighted by Gasteiger charge is -2.34. The number of nitrogens with zero attached hydrogens (tertiary/aromatic N) is 2. The number of hydrogen-bond acceptors (Lipinski definition) is 5. The molecular weight excluding hydrogens is 256 g/mol. The van der Waals surface area contributed by atoms with Crippen molar-refractivity contribution < 1.29 is 9.90 Å². The number of carbonyl (C=O) groups excluding carboxylic acids is 1. The van der Waals surface area contributed by atoms with Gasteiger partial charge in [-0.2, -0.15) is 0 Å². The van der Waals surface area contributed by atoms with Gasteiger partial charge in [0.2, 0.25) is 0 Å². The second-order valence-electron chi connectivity index (χ2n) is 4.97. The monoisotopic (exact) mass is 278 g/mol. The van der Waals surface area contributed by atoms with Crippen LogP contribution in [0.2, 0.25) is 0 Å². The van der Waals surface area contributed by atoms with Crippen LogP contribution in [0.15, 0.2) is 24.3 Å². The van der Waals surface area contributed by atoms with Crippen molar-refractivity contribution in [2.75, 3.05) is 39.3 Å². The number of benzene rings is 1. The van der Waals surface area contributed by atoms with E-state index >= 15 is 0 Å². The molecule has 0 saturated carbocycles. The third-order valence-corrected chi connectivity index (χ3v) is 3.67. The molecule has 4 N–H and O–H groups in total. The molecule has 2 rings (SSSR count). The van der Waals surface area contributed by atoms with E-state index in [9.17, 15) is 4.79 Å². The minimum Gasteiger partial charge on any atom is -0.395 e. The first kappa shape index (κ1) is 14.9. The zero-order chi connectivity index (χ0) is 14.4. The van der Waals surface area contributed by atoms with Gasteiger partial charge in [-0.15, -0.1) is 0 Å². The molecule has 1 amide bonds. The zero-order valence-electron chi connectivity index (χ0n) is 11.6. The standard InChI is InChI=1S/C14H22N4O2/c15-16-14(20)13-4-2-1-3-12(13)11-18-7-5-17(6-8-18)9-10-19/h1-4,19H,5-11,15H2,(H,16,20). The van der Waals surface area contributed by atoms with Crippen molar-refractivity contribution in [1.82, 2.24) is 15.2 Å². The van der Waals surface area contributed by atoms with Crippen molar-refractivity contribution in [3.05, 3.63) is 35.4 Å². The summed E-state index contributed by atoms with van der Waals surface area (Å²) in [5, 5.41) is 8.93. The van der Waals surface area contributed by atoms with Gasteiger partial charge in [-0.1, -0.05) is 18.2 Å². The van der Waals surface area contributed by atoms with Crippen molar-refractivity contribution >= 4 is 5.91 Å². The summed E-state index contributed by atoms with van der Waals surface area (Å²) in [4.78, 5) is 16.3. The Hall–Kier alpha value is -1.47. The number of hydrazine groups is 1. The highest BCUT2D eigenvalue weighted by atomic mass is 16.3. The van der Waals surface area contributed by atoms with E-state index in [-0.39, 0.29) is 12.5 Å². The average Bonchev–Trinajstić information content (AvgIpc) is 2.49. The summed E-state index contributed by atoms with van der Waals surface area (Å²) in [6, 6.07) is 7.53. The summed E-state index contributed by atoms with van der Waals surface area (Å²) < 4.78 is 0. The number of aliphatic hydroxyl groups excluding tert-OH is 1. The fraction of sp³-hybridized carbons (Fsp3) is 0.500. The summed E-state index contributed by atoms with van der Waals surface area (Å²) in [5.74, 6) is 4.96. The molecule has 0 unspecified atom stereocenters. The van der Waals surface area contributed by atoms with Crippen molar-refractivity contribution in [2.45, 2.75) is 6.54 Å². The Morgan fingerprint density at radius 1 is 1.20 bits per heavy atom. The highest BCUT2D eigenvalue weighted by Crippen LogP contribution is 2.13. The van der Waals surface area contributed by atoms with Gasteiger partial charge in [-0.05, 0) is 11.6 Å². The molecule has 1 fully saturated rings. The number of nitrogens with one attached hydrogen (secondary N) is 1.